The number of carbonyl (C=O) groups is 2. The summed E-state index contributed by atoms with van der Waals surface area (Å²) in [4.78, 5) is 24.3. The van der Waals surface area contributed by atoms with Crippen LogP contribution in [0.3, 0.4) is 0 Å². The van der Waals surface area contributed by atoms with Crippen LogP contribution >= 0.6 is 35.6 Å². The molecule has 1 aliphatic rings. The summed E-state index contributed by atoms with van der Waals surface area (Å²) in [6.07, 6.45) is 1.63. The van der Waals surface area contributed by atoms with Gasteiger partial charge < -0.3 is 15.4 Å². The van der Waals surface area contributed by atoms with Crippen molar-refractivity contribution in [1.82, 2.24) is 5.32 Å². The molecular weight excluding hydrogens is 392 g/mol. The first-order chi connectivity index (χ1) is 12.5. The van der Waals surface area contributed by atoms with Crippen LogP contribution in [0.2, 0.25) is 5.02 Å². The molecule has 5 nitrogen and oxygen atoms in total. The number of rotatable bonds is 5. The third-order valence-electron chi connectivity index (χ3n) is 3.32. The van der Waals surface area contributed by atoms with Crippen LogP contribution in [0.15, 0.2) is 53.4 Å². The molecule has 2 N–H and O–H groups in total. The third-order valence-corrected chi connectivity index (χ3v) is 4.71. The van der Waals surface area contributed by atoms with E-state index in [0.29, 0.717) is 31.2 Å². The van der Waals surface area contributed by atoms with Crippen molar-refractivity contribution in [3.63, 3.8) is 0 Å². The number of benzene rings is 2. The molecule has 1 saturated heterocycles. The van der Waals surface area contributed by atoms with Gasteiger partial charge >= 0.3 is 0 Å². The van der Waals surface area contributed by atoms with Crippen molar-refractivity contribution in [3.8, 4) is 5.75 Å². The number of thiocarbonyl (C=S) groups is 1. The van der Waals surface area contributed by atoms with Gasteiger partial charge in [-0.1, -0.05) is 53.8 Å². The van der Waals surface area contributed by atoms with Gasteiger partial charge in [-0.2, -0.15) is 0 Å². The predicted molar refractivity (Wildman–Crippen MR) is 108 cm³/mol. The van der Waals surface area contributed by atoms with Gasteiger partial charge in [-0.05, 0) is 36.4 Å². The number of para-hydroxylation sites is 1. The molecule has 0 aliphatic carbocycles. The quantitative estimate of drug-likeness (QED) is 0.585. The van der Waals surface area contributed by atoms with Crippen molar-refractivity contribution >= 4 is 63.5 Å². The lowest BCUT2D eigenvalue weighted by Gasteiger charge is -2.10. The fraction of sp³-hybridized carbons (Fsp3) is 0.0556. The van der Waals surface area contributed by atoms with Gasteiger partial charge in [0, 0.05) is 16.3 Å². The molecule has 132 valence electrons. The van der Waals surface area contributed by atoms with Crippen LogP contribution in [0, 0.1) is 0 Å². The second-order valence-electron chi connectivity index (χ2n) is 5.24. The average molecular weight is 405 g/mol. The molecule has 3 rings (SSSR count). The Hall–Kier alpha value is -2.35. The number of amides is 2. The Balaban J connectivity index is 1.72. The minimum absolute atomic E-state index is 0.176. The molecule has 0 aromatic heterocycles. The van der Waals surface area contributed by atoms with Gasteiger partial charge in [-0.25, -0.2) is 0 Å². The molecular formula is C18H13ClN2O3S2. The van der Waals surface area contributed by atoms with E-state index >= 15 is 0 Å². The smallest absolute Gasteiger partial charge is 0.263 e. The van der Waals surface area contributed by atoms with Crippen LogP contribution in [-0.4, -0.2) is 22.7 Å². The van der Waals surface area contributed by atoms with Crippen LogP contribution in [0.25, 0.3) is 6.08 Å². The Morgan fingerprint density at radius 2 is 2.04 bits per heavy atom. The van der Waals surface area contributed by atoms with E-state index in [1.165, 1.54) is 0 Å². The van der Waals surface area contributed by atoms with Crippen LogP contribution in [0.4, 0.5) is 5.69 Å². The van der Waals surface area contributed by atoms with Crippen molar-refractivity contribution in [2.75, 3.05) is 11.9 Å². The lowest BCUT2D eigenvalue weighted by atomic mass is 10.2. The first kappa shape index (κ1) is 18.4. The Morgan fingerprint density at radius 1 is 1.27 bits per heavy atom. The number of carbonyl (C=O) groups excluding carboxylic acids is 2. The summed E-state index contributed by atoms with van der Waals surface area (Å²) in [5, 5.41) is 5.78. The first-order valence-corrected chi connectivity index (χ1v) is 9.13. The largest absolute Gasteiger partial charge is 0.483 e. The summed E-state index contributed by atoms with van der Waals surface area (Å²) in [5.41, 5.74) is 1.28. The average Bonchev–Trinajstić information content (AvgIpc) is 2.92. The van der Waals surface area contributed by atoms with Gasteiger partial charge in [-0.3, -0.25) is 9.59 Å². The normalized spacial score (nSPS) is 15.0. The maximum atomic E-state index is 12.0. The summed E-state index contributed by atoms with van der Waals surface area (Å²) < 4.78 is 6.01. The van der Waals surface area contributed by atoms with Gasteiger partial charge in [0.15, 0.2) is 6.61 Å². The van der Waals surface area contributed by atoms with Crippen molar-refractivity contribution < 1.29 is 14.3 Å². The summed E-state index contributed by atoms with van der Waals surface area (Å²) in [6.45, 7) is -0.176. The second-order valence-corrected chi connectivity index (χ2v) is 7.39. The van der Waals surface area contributed by atoms with Crippen LogP contribution in [0.1, 0.15) is 5.56 Å². The second kappa shape index (κ2) is 8.35. The van der Waals surface area contributed by atoms with Crippen molar-refractivity contribution in [2.45, 2.75) is 0 Å². The van der Waals surface area contributed by atoms with Crippen LogP contribution in [-0.2, 0) is 9.59 Å². The number of hydrogen-bond acceptors (Lipinski definition) is 5. The van der Waals surface area contributed by atoms with E-state index < -0.39 is 0 Å². The molecule has 2 amide bonds. The first-order valence-electron chi connectivity index (χ1n) is 7.53. The zero-order valence-electron chi connectivity index (χ0n) is 13.3. The Bertz CT molecular complexity index is 901. The van der Waals surface area contributed by atoms with E-state index in [1.54, 1.807) is 36.4 Å². The molecule has 0 atom stereocenters. The summed E-state index contributed by atoms with van der Waals surface area (Å²) in [7, 11) is 0. The van der Waals surface area contributed by atoms with Gasteiger partial charge in [0.2, 0.25) is 0 Å². The summed E-state index contributed by atoms with van der Waals surface area (Å²) >= 11 is 12.2. The highest BCUT2D eigenvalue weighted by Gasteiger charge is 2.22. The van der Waals surface area contributed by atoms with Crippen molar-refractivity contribution in [3.05, 3.63) is 64.0 Å². The lowest BCUT2D eigenvalue weighted by Crippen LogP contribution is -2.20. The number of ether oxygens (including phenoxy) is 1. The molecule has 0 saturated carbocycles. The number of anilines is 1. The lowest BCUT2D eigenvalue weighted by molar-refractivity contribution is -0.118. The SMILES string of the molecule is O=C(COc1ccc(Cl)cc1/C=C1\SC(=S)NC1=O)Nc1ccccc1. The van der Waals surface area contributed by atoms with E-state index in [9.17, 15) is 9.59 Å². The molecule has 1 aliphatic heterocycles. The molecule has 1 fully saturated rings. The molecule has 0 unspecified atom stereocenters. The van der Waals surface area contributed by atoms with E-state index in [1.807, 2.05) is 18.2 Å². The Morgan fingerprint density at radius 3 is 2.73 bits per heavy atom. The molecule has 2 aromatic carbocycles. The topological polar surface area (TPSA) is 67.4 Å². The number of halogens is 1. The highest BCUT2D eigenvalue weighted by Crippen LogP contribution is 2.31. The minimum Gasteiger partial charge on any atom is -0.483 e. The maximum absolute atomic E-state index is 12.0. The van der Waals surface area contributed by atoms with Crippen LogP contribution in [0.5, 0.6) is 5.75 Å². The van der Waals surface area contributed by atoms with Gasteiger partial charge in [0.05, 0.1) is 4.91 Å². The zero-order valence-corrected chi connectivity index (χ0v) is 15.7. The summed E-state index contributed by atoms with van der Waals surface area (Å²) in [5.74, 6) is -0.122. The molecule has 8 heteroatoms. The van der Waals surface area contributed by atoms with E-state index in [-0.39, 0.29) is 18.4 Å². The molecule has 2 aromatic rings. The Kier molecular flexibility index (Phi) is 5.92. The molecule has 0 radical (unpaired) electrons. The fourth-order valence-corrected chi connectivity index (χ4v) is 3.40. The van der Waals surface area contributed by atoms with Gasteiger partial charge in [0.25, 0.3) is 11.8 Å². The van der Waals surface area contributed by atoms with Gasteiger partial charge in [-0.15, -0.1) is 0 Å². The minimum atomic E-state index is -0.293. The highest BCUT2D eigenvalue weighted by molar-refractivity contribution is 8.26. The fourth-order valence-electron chi connectivity index (χ4n) is 2.19. The van der Waals surface area contributed by atoms with Crippen LogP contribution < -0.4 is 15.4 Å². The molecule has 1 heterocycles. The number of nitrogens with one attached hydrogen (secondary N) is 2. The van der Waals surface area contributed by atoms with E-state index in [0.717, 1.165) is 11.8 Å². The number of thioether (sulfide) groups is 1. The van der Waals surface area contributed by atoms with E-state index in [4.69, 9.17) is 28.6 Å². The molecule has 0 bridgehead atoms. The number of hydrogen-bond donors (Lipinski definition) is 2. The zero-order chi connectivity index (χ0) is 18.5. The third kappa shape index (κ3) is 4.85. The Labute approximate surface area is 164 Å². The predicted octanol–water partition coefficient (Wildman–Crippen LogP) is 3.85. The highest BCUT2D eigenvalue weighted by atomic mass is 35.5. The van der Waals surface area contributed by atoms with Crippen molar-refractivity contribution in [2.24, 2.45) is 0 Å². The molecule has 0 spiro atoms. The monoisotopic (exact) mass is 404 g/mol. The summed E-state index contributed by atoms with van der Waals surface area (Å²) in [6, 6.07) is 14.1. The standard InChI is InChI=1S/C18H13ClN2O3S2/c19-12-6-7-14(11(8-12)9-15-17(23)21-18(25)26-15)24-10-16(22)20-13-4-2-1-3-5-13/h1-9H,10H2,(H,20,22)(H,21,23,25)/b15-9-. The maximum Gasteiger partial charge on any atom is 0.263 e. The molecule has 26 heavy (non-hydrogen) atoms. The van der Waals surface area contributed by atoms with Gasteiger partial charge in [0.1, 0.15) is 10.1 Å². The van der Waals surface area contributed by atoms with Crippen molar-refractivity contribution in [1.29, 1.82) is 0 Å². The van der Waals surface area contributed by atoms with E-state index in [2.05, 4.69) is 10.6 Å².